The molecular formula is C53H102O6. The highest BCUT2D eigenvalue weighted by atomic mass is 16.6. The molecule has 0 saturated heterocycles. The zero-order valence-electron chi connectivity index (χ0n) is 40.4. The van der Waals surface area contributed by atoms with Crippen molar-refractivity contribution in [2.75, 3.05) is 13.2 Å². The molecule has 0 radical (unpaired) electrons. The van der Waals surface area contributed by atoms with E-state index >= 15 is 0 Å². The van der Waals surface area contributed by atoms with Crippen molar-refractivity contribution in [3.8, 4) is 0 Å². The topological polar surface area (TPSA) is 78.9 Å². The lowest BCUT2D eigenvalue weighted by Gasteiger charge is -2.18. The molecule has 0 N–H and O–H groups in total. The van der Waals surface area contributed by atoms with Crippen LogP contribution in [0.2, 0.25) is 0 Å². The molecule has 0 aromatic heterocycles. The fraction of sp³-hybridized carbons (Fsp3) is 0.943. The summed E-state index contributed by atoms with van der Waals surface area (Å²) in [7, 11) is 0. The summed E-state index contributed by atoms with van der Waals surface area (Å²) in [6.07, 6.45) is 46.8. The Morgan fingerprint density at radius 1 is 0.322 bits per heavy atom. The van der Waals surface area contributed by atoms with Gasteiger partial charge in [0.25, 0.3) is 0 Å². The molecule has 0 aliphatic rings. The van der Waals surface area contributed by atoms with Gasteiger partial charge in [0, 0.05) is 19.3 Å². The predicted molar refractivity (Wildman–Crippen MR) is 252 cm³/mol. The number of carbonyl (C=O) groups excluding carboxylic acids is 3. The van der Waals surface area contributed by atoms with Crippen LogP contribution in [0.5, 0.6) is 0 Å². The monoisotopic (exact) mass is 835 g/mol. The summed E-state index contributed by atoms with van der Waals surface area (Å²) in [5.41, 5.74) is 0. The molecule has 59 heavy (non-hydrogen) atoms. The van der Waals surface area contributed by atoms with Crippen LogP contribution in [0.25, 0.3) is 0 Å². The minimum atomic E-state index is -0.762. The molecular weight excluding hydrogens is 733 g/mol. The highest BCUT2D eigenvalue weighted by molar-refractivity contribution is 5.71. The van der Waals surface area contributed by atoms with Gasteiger partial charge in [0.2, 0.25) is 0 Å². The lowest BCUT2D eigenvalue weighted by molar-refractivity contribution is -0.167. The Kier molecular flexibility index (Phi) is 44.7. The molecule has 0 bridgehead atoms. The smallest absolute Gasteiger partial charge is 0.306 e. The fourth-order valence-corrected chi connectivity index (χ4v) is 7.99. The zero-order valence-corrected chi connectivity index (χ0v) is 40.4. The molecule has 0 amide bonds. The van der Waals surface area contributed by atoms with Crippen LogP contribution in [0.1, 0.15) is 291 Å². The molecule has 350 valence electrons. The standard InChI is InChI=1S/C53H102O6/c1-6-7-8-9-10-11-12-17-21-24-27-33-38-43-51(54)57-46-50(59-53(56)45-40-35-30-29-32-37-42-49(4)5)47-58-52(55)44-39-34-28-25-22-19-16-14-13-15-18-20-23-26-31-36-41-48(2)3/h48-50H,6-47H2,1-5H3/t50-/m1/s1. The first-order valence-electron chi connectivity index (χ1n) is 26.2. The molecule has 0 unspecified atom stereocenters. The minimum absolute atomic E-state index is 0.0646. The molecule has 0 saturated carbocycles. The van der Waals surface area contributed by atoms with E-state index in [2.05, 4.69) is 34.6 Å². The summed E-state index contributed by atoms with van der Waals surface area (Å²) in [5, 5.41) is 0. The van der Waals surface area contributed by atoms with Crippen molar-refractivity contribution in [1.82, 2.24) is 0 Å². The van der Waals surface area contributed by atoms with Gasteiger partial charge < -0.3 is 14.2 Å². The van der Waals surface area contributed by atoms with E-state index in [9.17, 15) is 14.4 Å². The van der Waals surface area contributed by atoms with Gasteiger partial charge in [-0.15, -0.1) is 0 Å². The highest BCUT2D eigenvalue weighted by Gasteiger charge is 2.19. The van der Waals surface area contributed by atoms with Crippen LogP contribution in [0.15, 0.2) is 0 Å². The van der Waals surface area contributed by atoms with E-state index in [-0.39, 0.29) is 31.1 Å². The van der Waals surface area contributed by atoms with Crippen molar-refractivity contribution in [2.24, 2.45) is 11.8 Å². The van der Waals surface area contributed by atoms with Crippen molar-refractivity contribution < 1.29 is 28.6 Å². The third-order valence-corrected chi connectivity index (χ3v) is 12.0. The second-order valence-electron chi connectivity index (χ2n) is 19.1. The average Bonchev–Trinajstić information content (AvgIpc) is 3.20. The Morgan fingerprint density at radius 3 is 0.831 bits per heavy atom. The first kappa shape index (κ1) is 57.4. The SMILES string of the molecule is CCCCCCCCCCCCCCCC(=O)OC[C@H](COC(=O)CCCCCCCCCCCCCCCCCCC(C)C)OC(=O)CCCCCCCCC(C)C. The summed E-state index contributed by atoms with van der Waals surface area (Å²) in [6.45, 7) is 11.3. The molecule has 0 aliphatic carbocycles. The number of carbonyl (C=O) groups is 3. The van der Waals surface area contributed by atoms with E-state index < -0.39 is 6.10 Å². The van der Waals surface area contributed by atoms with Gasteiger partial charge in [-0.3, -0.25) is 14.4 Å². The number of hydrogen-bond donors (Lipinski definition) is 0. The Hall–Kier alpha value is -1.59. The quantitative estimate of drug-likeness (QED) is 0.0345. The van der Waals surface area contributed by atoms with Crippen LogP contribution in [-0.2, 0) is 28.6 Å². The van der Waals surface area contributed by atoms with E-state index in [1.54, 1.807) is 0 Å². The van der Waals surface area contributed by atoms with Crippen LogP contribution in [0, 0.1) is 11.8 Å². The molecule has 0 fully saturated rings. The minimum Gasteiger partial charge on any atom is -0.462 e. The predicted octanol–water partition coefficient (Wildman–Crippen LogP) is 16.9. The lowest BCUT2D eigenvalue weighted by atomic mass is 10.0. The molecule has 0 aromatic rings. The van der Waals surface area contributed by atoms with E-state index in [0.717, 1.165) is 69.6 Å². The molecule has 1 atom stereocenters. The van der Waals surface area contributed by atoms with Crippen molar-refractivity contribution >= 4 is 17.9 Å². The first-order valence-corrected chi connectivity index (χ1v) is 26.2. The third-order valence-electron chi connectivity index (χ3n) is 12.0. The zero-order chi connectivity index (χ0) is 43.3. The maximum atomic E-state index is 12.7. The Labute approximate surface area is 368 Å². The van der Waals surface area contributed by atoms with Gasteiger partial charge in [0.1, 0.15) is 13.2 Å². The molecule has 6 heteroatoms. The molecule has 0 spiro atoms. The number of ether oxygens (including phenoxy) is 3. The second-order valence-corrected chi connectivity index (χ2v) is 19.1. The van der Waals surface area contributed by atoms with Crippen LogP contribution < -0.4 is 0 Å². The average molecular weight is 835 g/mol. The molecule has 0 aromatic carbocycles. The molecule has 0 heterocycles. The van der Waals surface area contributed by atoms with Gasteiger partial charge in [-0.2, -0.15) is 0 Å². The van der Waals surface area contributed by atoms with Crippen LogP contribution in [0.3, 0.4) is 0 Å². The normalized spacial score (nSPS) is 12.1. The highest BCUT2D eigenvalue weighted by Crippen LogP contribution is 2.17. The number of hydrogen-bond acceptors (Lipinski definition) is 6. The first-order chi connectivity index (χ1) is 28.7. The van der Waals surface area contributed by atoms with Gasteiger partial charge in [-0.05, 0) is 31.1 Å². The summed E-state index contributed by atoms with van der Waals surface area (Å²) in [5.74, 6) is 0.759. The summed E-state index contributed by atoms with van der Waals surface area (Å²) < 4.78 is 16.8. The van der Waals surface area contributed by atoms with Crippen molar-refractivity contribution in [3.63, 3.8) is 0 Å². The van der Waals surface area contributed by atoms with Gasteiger partial charge in [0.15, 0.2) is 6.10 Å². The van der Waals surface area contributed by atoms with Crippen molar-refractivity contribution in [2.45, 2.75) is 298 Å². The number of rotatable bonds is 47. The molecule has 6 nitrogen and oxygen atoms in total. The Balaban J connectivity index is 4.20. The summed E-state index contributed by atoms with van der Waals surface area (Å²) in [6, 6.07) is 0. The Morgan fingerprint density at radius 2 is 0.559 bits per heavy atom. The van der Waals surface area contributed by atoms with Gasteiger partial charge in [0.05, 0.1) is 0 Å². The van der Waals surface area contributed by atoms with Crippen molar-refractivity contribution in [3.05, 3.63) is 0 Å². The lowest BCUT2D eigenvalue weighted by Crippen LogP contribution is -2.30. The molecule has 0 rings (SSSR count). The summed E-state index contributed by atoms with van der Waals surface area (Å²) >= 11 is 0. The fourth-order valence-electron chi connectivity index (χ4n) is 7.99. The van der Waals surface area contributed by atoms with Gasteiger partial charge in [-0.25, -0.2) is 0 Å². The van der Waals surface area contributed by atoms with E-state index in [1.165, 1.54) is 180 Å². The maximum Gasteiger partial charge on any atom is 0.306 e. The summed E-state index contributed by atoms with van der Waals surface area (Å²) in [4.78, 5) is 37.9. The van der Waals surface area contributed by atoms with Crippen LogP contribution >= 0.6 is 0 Å². The van der Waals surface area contributed by atoms with Gasteiger partial charge in [-0.1, -0.05) is 253 Å². The number of esters is 3. The second kappa shape index (κ2) is 45.9. The maximum absolute atomic E-state index is 12.7. The van der Waals surface area contributed by atoms with E-state index in [1.807, 2.05) is 0 Å². The van der Waals surface area contributed by atoms with E-state index in [4.69, 9.17) is 14.2 Å². The van der Waals surface area contributed by atoms with Crippen LogP contribution in [-0.4, -0.2) is 37.2 Å². The third kappa shape index (κ3) is 47.3. The Bertz CT molecular complexity index is 900. The van der Waals surface area contributed by atoms with Crippen LogP contribution in [0.4, 0.5) is 0 Å². The van der Waals surface area contributed by atoms with Gasteiger partial charge >= 0.3 is 17.9 Å². The van der Waals surface area contributed by atoms with Crippen molar-refractivity contribution in [1.29, 1.82) is 0 Å². The number of unbranched alkanes of at least 4 members (excludes halogenated alkanes) is 32. The van der Waals surface area contributed by atoms with E-state index in [0.29, 0.717) is 19.3 Å². The largest absolute Gasteiger partial charge is 0.462 e. The molecule has 0 aliphatic heterocycles.